The van der Waals surface area contributed by atoms with E-state index >= 15 is 0 Å². The maximum absolute atomic E-state index is 11.7. The molecule has 1 aromatic heterocycles. The summed E-state index contributed by atoms with van der Waals surface area (Å²) in [5, 5.41) is 11.3. The number of nitrogens with two attached hydrogens (primary N) is 1. The van der Waals surface area contributed by atoms with Crippen LogP contribution in [-0.2, 0) is 6.42 Å². The van der Waals surface area contributed by atoms with Crippen molar-refractivity contribution in [1.82, 2.24) is 9.88 Å². The summed E-state index contributed by atoms with van der Waals surface area (Å²) in [5.74, 6) is -0.163. The van der Waals surface area contributed by atoms with Gasteiger partial charge in [0.25, 0.3) is 5.91 Å². The molecule has 0 saturated carbocycles. The minimum absolute atomic E-state index is 0.0396. The molecule has 1 amide bonds. The summed E-state index contributed by atoms with van der Waals surface area (Å²) < 4.78 is 0. The summed E-state index contributed by atoms with van der Waals surface area (Å²) in [4.78, 5) is 17.3. The molecule has 0 spiro atoms. The quantitative estimate of drug-likeness (QED) is 0.727. The molecule has 0 aliphatic carbocycles. The summed E-state index contributed by atoms with van der Waals surface area (Å²) in [6, 6.07) is 0. The van der Waals surface area contributed by atoms with Gasteiger partial charge in [0.05, 0.1) is 11.6 Å². The number of hydrogen-bond donors (Lipinski definition) is 2. The van der Waals surface area contributed by atoms with Crippen LogP contribution in [-0.4, -0.2) is 47.6 Å². The highest BCUT2D eigenvalue weighted by Crippen LogP contribution is 2.11. The maximum atomic E-state index is 11.7. The van der Waals surface area contributed by atoms with E-state index in [0.717, 1.165) is 5.01 Å². The first-order chi connectivity index (χ1) is 7.19. The molecule has 1 heterocycles. The van der Waals surface area contributed by atoms with Crippen LogP contribution >= 0.6 is 11.3 Å². The van der Waals surface area contributed by atoms with Gasteiger partial charge in [-0.1, -0.05) is 0 Å². The molecule has 3 N–H and O–H groups in total. The van der Waals surface area contributed by atoms with Gasteiger partial charge in [0.2, 0.25) is 0 Å². The molecule has 15 heavy (non-hydrogen) atoms. The highest BCUT2D eigenvalue weighted by Gasteiger charge is 2.14. The van der Waals surface area contributed by atoms with E-state index < -0.39 is 0 Å². The van der Waals surface area contributed by atoms with Crippen LogP contribution in [0.5, 0.6) is 0 Å². The van der Waals surface area contributed by atoms with Gasteiger partial charge < -0.3 is 15.7 Å². The number of amides is 1. The Morgan fingerprint density at radius 1 is 1.73 bits per heavy atom. The third kappa shape index (κ3) is 3.26. The van der Waals surface area contributed by atoms with Gasteiger partial charge in [-0.2, -0.15) is 0 Å². The Bertz CT molecular complexity index is 327. The van der Waals surface area contributed by atoms with Gasteiger partial charge in [-0.3, -0.25) is 4.79 Å². The highest BCUT2D eigenvalue weighted by atomic mass is 32.1. The zero-order valence-corrected chi connectivity index (χ0v) is 9.46. The molecule has 0 fully saturated rings. The fourth-order valence-corrected chi connectivity index (χ4v) is 1.88. The Hall–Kier alpha value is -0.980. The van der Waals surface area contributed by atoms with Crippen molar-refractivity contribution in [2.45, 2.75) is 6.42 Å². The number of carbonyl (C=O) groups is 1. The predicted molar refractivity (Wildman–Crippen MR) is 58.9 cm³/mol. The maximum Gasteiger partial charge on any atom is 0.273 e. The molecule has 0 atom stereocenters. The lowest BCUT2D eigenvalue weighted by atomic mass is 10.4. The lowest BCUT2D eigenvalue weighted by molar-refractivity contribution is 0.0762. The number of aliphatic hydroxyl groups excluding tert-OH is 1. The zero-order valence-electron chi connectivity index (χ0n) is 8.64. The Morgan fingerprint density at radius 2 is 2.47 bits per heavy atom. The second kappa shape index (κ2) is 5.79. The number of rotatable bonds is 5. The number of likely N-dealkylation sites (N-methyl/N-ethyl adjacent to an activating group) is 1. The van der Waals surface area contributed by atoms with Crippen LogP contribution in [0.1, 0.15) is 15.5 Å². The van der Waals surface area contributed by atoms with E-state index in [1.54, 1.807) is 12.4 Å². The van der Waals surface area contributed by atoms with Gasteiger partial charge in [-0.25, -0.2) is 4.98 Å². The number of hydrogen-bond acceptors (Lipinski definition) is 5. The first-order valence-electron chi connectivity index (χ1n) is 4.69. The monoisotopic (exact) mass is 229 g/mol. The summed E-state index contributed by atoms with van der Waals surface area (Å²) in [6.07, 6.45) is 0.696. The summed E-state index contributed by atoms with van der Waals surface area (Å²) in [6.45, 7) is 0.818. The third-order valence-electron chi connectivity index (χ3n) is 1.91. The number of nitrogens with zero attached hydrogens (tertiary/aromatic N) is 2. The molecule has 0 aliphatic rings. The molecule has 5 nitrogen and oxygen atoms in total. The van der Waals surface area contributed by atoms with Gasteiger partial charge in [-0.15, -0.1) is 11.3 Å². The third-order valence-corrected chi connectivity index (χ3v) is 2.82. The fraction of sp³-hybridized carbons (Fsp3) is 0.556. The van der Waals surface area contributed by atoms with Crippen molar-refractivity contribution in [2.24, 2.45) is 5.73 Å². The van der Waals surface area contributed by atoms with Crippen molar-refractivity contribution in [1.29, 1.82) is 0 Å². The van der Waals surface area contributed by atoms with Crippen molar-refractivity contribution in [3.05, 3.63) is 16.1 Å². The molecule has 0 unspecified atom stereocenters. The van der Waals surface area contributed by atoms with E-state index in [0.29, 0.717) is 25.2 Å². The van der Waals surface area contributed by atoms with E-state index in [9.17, 15) is 4.79 Å². The number of carbonyl (C=O) groups excluding carboxylic acids is 1. The van der Waals surface area contributed by atoms with Crippen molar-refractivity contribution >= 4 is 17.2 Å². The van der Waals surface area contributed by atoms with Crippen molar-refractivity contribution in [3.8, 4) is 0 Å². The van der Waals surface area contributed by atoms with Crippen LogP contribution in [0.15, 0.2) is 5.38 Å². The van der Waals surface area contributed by atoms with Crippen molar-refractivity contribution < 1.29 is 9.90 Å². The number of thiazole rings is 1. The Morgan fingerprint density at radius 3 is 3.07 bits per heavy atom. The van der Waals surface area contributed by atoms with E-state index in [1.807, 2.05) is 0 Å². The van der Waals surface area contributed by atoms with Crippen LogP contribution in [0.25, 0.3) is 0 Å². The topological polar surface area (TPSA) is 79.5 Å². The lowest BCUT2D eigenvalue weighted by Gasteiger charge is -2.13. The zero-order chi connectivity index (χ0) is 11.3. The summed E-state index contributed by atoms with van der Waals surface area (Å²) in [5.41, 5.74) is 5.82. The Kier molecular flexibility index (Phi) is 4.67. The lowest BCUT2D eigenvalue weighted by Crippen LogP contribution is -2.29. The van der Waals surface area contributed by atoms with E-state index in [1.165, 1.54) is 16.2 Å². The van der Waals surface area contributed by atoms with Gasteiger partial charge in [0.1, 0.15) is 5.69 Å². The van der Waals surface area contributed by atoms with Gasteiger partial charge in [0, 0.05) is 25.4 Å². The molecule has 0 saturated heterocycles. The fourth-order valence-electron chi connectivity index (χ4n) is 1.09. The molecule has 0 aromatic carbocycles. The SMILES string of the molecule is CN(CCO)C(=O)c1csc(CCN)n1. The molecule has 6 heteroatoms. The number of aliphatic hydroxyl groups is 1. The van der Waals surface area contributed by atoms with Gasteiger partial charge >= 0.3 is 0 Å². The molecular formula is C9H15N3O2S. The first-order valence-corrected chi connectivity index (χ1v) is 5.57. The van der Waals surface area contributed by atoms with Crippen LogP contribution < -0.4 is 5.73 Å². The highest BCUT2D eigenvalue weighted by molar-refractivity contribution is 7.09. The normalized spacial score (nSPS) is 10.3. The predicted octanol–water partition coefficient (Wildman–Crippen LogP) is -0.291. The molecule has 0 bridgehead atoms. The smallest absolute Gasteiger partial charge is 0.273 e. The standard InChI is InChI=1S/C9H15N3O2S/c1-12(4-5-13)9(14)7-6-15-8(11-7)2-3-10/h6,13H,2-5,10H2,1H3. The van der Waals surface area contributed by atoms with E-state index in [-0.39, 0.29) is 12.5 Å². The van der Waals surface area contributed by atoms with Crippen molar-refractivity contribution in [3.63, 3.8) is 0 Å². The van der Waals surface area contributed by atoms with Crippen LogP contribution in [0, 0.1) is 0 Å². The van der Waals surface area contributed by atoms with E-state index in [4.69, 9.17) is 10.8 Å². The van der Waals surface area contributed by atoms with Gasteiger partial charge in [-0.05, 0) is 6.54 Å². The van der Waals surface area contributed by atoms with Crippen LogP contribution in [0.3, 0.4) is 0 Å². The second-order valence-electron chi connectivity index (χ2n) is 3.12. The molecule has 1 rings (SSSR count). The Balaban J connectivity index is 2.65. The largest absolute Gasteiger partial charge is 0.395 e. The molecular weight excluding hydrogens is 214 g/mol. The van der Waals surface area contributed by atoms with Crippen LogP contribution in [0.4, 0.5) is 0 Å². The van der Waals surface area contributed by atoms with Crippen LogP contribution in [0.2, 0.25) is 0 Å². The average Bonchev–Trinajstić information content (AvgIpc) is 2.66. The average molecular weight is 229 g/mol. The first kappa shape index (κ1) is 12.1. The minimum Gasteiger partial charge on any atom is -0.395 e. The Labute approximate surface area is 92.5 Å². The minimum atomic E-state index is -0.163. The number of aromatic nitrogens is 1. The molecule has 1 aromatic rings. The summed E-state index contributed by atoms with van der Waals surface area (Å²) in [7, 11) is 1.64. The molecule has 84 valence electrons. The van der Waals surface area contributed by atoms with E-state index in [2.05, 4.69) is 4.98 Å². The second-order valence-corrected chi connectivity index (χ2v) is 4.06. The molecule has 0 aliphatic heterocycles. The van der Waals surface area contributed by atoms with Crippen molar-refractivity contribution in [2.75, 3.05) is 26.7 Å². The molecule has 0 radical (unpaired) electrons. The van der Waals surface area contributed by atoms with Gasteiger partial charge in [0.15, 0.2) is 0 Å². The summed E-state index contributed by atoms with van der Waals surface area (Å²) >= 11 is 1.44.